The van der Waals surface area contributed by atoms with Crippen molar-refractivity contribution in [1.29, 1.82) is 0 Å². The molecule has 0 spiro atoms. The van der Waals surface area contributed by atoms with Gasteiger partial charge in [-0.25, -0.2) is 8.42 Å². The van der Waals surface area contributed by atoms with Crippen molar-refractivity contribution in [2.45, 2.75) is 11.4 Å². The molecule has 126 valence electrons. The Bertz CT molecular complexity index is 952. The van der Waals surface area contributed by atoms with Gasteiger partial charge in [0, 0.05) is 25.5 Å². The molecule has 0 saturated heterocycles. The topological polar surface area (TPSA) is 74.8 Å². The molecule has 2 heterocycles. The van der Waals surface area contributed by atoms with E-state index in [4.69, 9.17) is 11.6 Å². The summed E-state index contributed by atoms with van der Waals surface area (Å²) in [6.07, 6.45) is 0. The van der Waals surface area contributed by atoms with Gasteiger partial charge in [-0.15, -0.1) is 11.3 Å². The molecule has 0 atom stereocenters. The van der Waals surface area contributed by atoms with Crippen molar-refractivity contribution in [2.75, 3.05) is 14.1 Å². The van der Waals surface area contributed by atoms with Crippen molar-refractivity contribution in [2.24, 2.45) is 0 Å². The zero-order valence-electron chi connectivity index (χ0n) is 12.8. The molecule has 0 fully saturated rings. The number of hydrogen-bond donors (Lipinski definition) is 0. The first-order chi connectivity index (χ1) is 11.2. The van der Waals surface area contributed by atoms with Gasteiger partial charge in [0.2, 0.25) is 10.0 Å². The molecule has 1 aliphatic heterocycles. The number of sulfonamides is 1. The Morgan fingerprint density at radius 2 is 1.79 bits per heavy atom. The first-order valence-electron chi connectivity index (χ1n) is 6.89. The zero-order chi connectivity index (χ0) is 17.6. The van der Waals surface area contributed by atoms with Crippen molar-refractivity contribution in [3.05, 3.63) is 50.7 Å². The van der Waals surface area contributed by atoms with Crippen LogP contribution >= 0.6 is 22.9 Å². The maximum Gasteiger partial charge on any atom is 0.261 e. The van der Waals surface area contributed by atoms with E-state index in [9.17, 15) is 18.0 Å². The second kappa shape index (κ2) is 5.96. The summed E-state index contributed by atoms with van der Waals surface area (Å²) < 4.78 is 27.2. The molecule has 2 amide bonds. The van der Waals surface area contributed by atoms with Crippen LogP contribution in [0.3, 0.4) is 0 Å². The number of carbonyl (C=O) groups excluding carboxylic acids is 2. The molecule has 1 aliphatic rings. The maximum atomic E-state index is 12.7. The van der Waals surface area contributed by atoms with Gasteiger partial charge in [0.1, 0.15) is 0 Å². The Balaban J connectivity index is 1.93. The summed E-state index contributed by atoms with van der Waals surface area (Å²) in [5.74, 6) is -0.930. The Hall–Kier alpha value is -1.74. The largest absolute Gasteiger partial charge is 0.277 e. The highest BCUT2D eigenvalue weighted by atomic mass is 35.5. The standard InChI is InChI=1S/C15H13ClN2O4S2/c1-17(8-9-3-6-13(16)23-9)24(21,22)10-4-5-11-12(7-10)15(20)18(2)14(11)19/h3-7H,8H2,1-2H3. The first kappa shape index (κ1) is 17.1. The Labute approximate surface area is 148 Å². The van der Waals surface area contributed by atoms with Crippen LogP contribution in [0, 0.1) is 0 Å². The van der Waals surface area contributed by atoms with Gasteiger partial charge < -0.3 is 0 Å². The number of nitrogens with zero attached hydrogens (tertiary/aromatic N) is 2. The zero-order valence-corrected chi connectivity index (χ0v) is 15.2. The molecule has 0 saturated carbocycles. The van der Waals surface area contributed by atoms with E-state index in [1.54, 1.807) is 12.1 Å². The van der Waals surface area contributed by atoms with E-state index in [0.29, 0.717) is 4.34 Å². The fourth-order valence-electron chi connectivity index (χ4n) is 2.42. The summed E-state index contributed by atoms with van der Waals surface area (Å²) in [5.41, 5.74) is 0.324. The molecule has 1 aromatic carbocycles. The van der Waals surface area contributed by atoms with Crippen LogP contribution in [-0.4, -0.2) is 43.5 Å². The van der Waals surface area contributed by atoms with Crippen LogP contribution in [0.5, 0.6) is 0 Å². The van der Waals surface area contributed by atoms with Crippen LogP contribution in [0.2, 0.25) is 4.34 Å². The van der Waals surface area contributed by atoms with E-state index in [2.05, 4.69) is 0 Å². The van der Waals surface area contributed by atoms with Gasteiger partial charge in [-0.2, -0.15) is 4.31 Å². The molecule has 0 N–H and O–H groups in total. The summed E-state index contributed by atoms with van der Waals surface area (Å²) in [7, 11) is -0.973. The number of rotatable bonds is 4. The van der Waals surface area contributed by atoms with Gasteiger partial charge in [0.15, 0.2) is 0 Å². The number of hydrogen-bond acceptors (Lipinski definition) is 5. The third-order valence-corrected chi connectivity index (χ3v) is 6.79. The van der Waals surface area contributed by atoms with Crippen molar-refractivity contribution >= 4 is 44.8 Å². The van der Waals surface area contributed by atoms with E-state index < -0.39 is 21.8 Å². The average Bonchev–Trinajstić information content (AvgIpc) is 3.04. The summed E-state index contributed by atoms with van der Waals surface area (Å²) in [6.45, 7) is 0.170. The molecule has 0 unspecified atom stereocenters. The molecule has 0 bridgehead atoms. The number of halogens is 1. The van der Waals surface area contributed by atoms with Gasteiger partial charge in [-0.1, -0.05) is 11.6 Å². The predicted octanol–water partition coefficient (Wildman–Crippen LogP) is 2.45. The van der Waals surface area contributed by atoms with Crippen molar-refractivity contribution in [3.63, 3.8) is 0 Å². The summed E-state index contributed by atoms with van der Waals surface area (Å²) in [6, 6.07) is 7.45. The van der Waals surface area contributed by atoms with E-state index in [0.717, 1.165) is 9.78 Å². The van der Waals surface area contributed by atoms with Gasteiger partial charge in [0.05, 0.1) is 20.4 Å². The van der Waals surface area contributed by atoms with Crippen molar-refractivity contribution in [3.8, 4) is 0 Å². The van der Waals surface area contributed by atoms with Crippen LogP contribution < -0.4 is 0 Å². The van der Waals surface area contributed by atoms with Crippen molar-refractivity contribution < 1.29 is 18.0 Å². The molecule has 24 heavy (non-hydrogen) atoms. The Morgan fingerprint density at radius 3 is 2.42 bits per heavy atom. The summed E-state index contributed by atoms with van der Waals surface area (Å²) >= 11 is 7.16. The summed E-state index contributed by atoms with van der Waals surface area (Å²) in [5, 5.41) is 0. The Morgan fingerprint density at radius 1 is 1.12 bits per heavy atom. The lowest BCUT2D eigenvalue weighted by atomic mass is 10.1. The third-order valence-electron chi connectivity index (χ3n) is 3.78. The normalized spacial score (nSPS) is 14.6. The molecule has 2 aromatic rings. The third kappa shape index (κ3) is 2.75. The van der Waals surface area contributed by atoms with Gasteiger partial charge in [-0.05, 0) is 30.3 Å². The monoisotopic (exact) mass is 384 g/mol. The van der Waals surface area contributed by atoms with Crippen LogP contribution in [-0.2, 0) is 16.6 Å². The van der Waals surface area contributed by atoms with Gasteiger partial charge >= 0.3 is 0 Å². The quantitative estimate of drug-likeness (QED) is 0.759. The van der Waals surface area contributed by atoms with Crippen LogP contribution in [0.15, 0.2) is 35.2 Å². The minimum Gasteiger partial charge on any atom is -0.277 e. The predicted molar refractivity (Wildman–Crippen MR) is 90.8 cm³/mol. The minimum absolute atomic E-state index is 0.0251. The highest BCUT2D eigenvalue weighted by Crippen LogP contribution is 2.28. The second-order valence-electron chi connectivity index (χ2n) is 5.34. The summed E-state index contributed by atoms with van der Waals surface area (Å²) in [4.78, 5) is 25.7. The molecule has 3 rings (SSSR count). The smallest absolute Gasteiger partial charge is 0.261 e. The first-order valence-corrected chi connectivity index (χ1v) is 9.52. The average molecular weight is 385 g/mol. The Kier molecular flexibility index (Phi) is 4.25. The highest BCUT2D eigenvalue weighted by molar-refractivity contribution is 7.89. The van der Waals surface area contributed by atoms with E-state index in [1.807, 2.05) is 0 Å². The second-order valence-corrected chi connectivity index (χ2v) is 9.19. The number of imide groups is 1. The molecule has 0 radical (unpaired) electrons. The number of carbonyl (C=O) groups is 2. The lowest BCUT2D eigenvalue weighted by molar-refractivity contribution is 0.0693. The fraction of sp³-hybridized carbons (Fsp3) is 0.200. The van der Waals surface area contributed by atoms with Crippen LogP contribution in [0.4, 0.5) is 0 Å². The number of benzene rings is 1. The van der Waals surface area contributed by atoms with E-state index in [-0.39, 0.29) is 22.6 Å². The van der Waals surface area contributed by atoms with Gasteiger partial charge in [-0.3, -0.25) is 14.5 Å². The van der Waals surface area contributed by atoms with E-state index in [1.165, 1.54) is 47.9 Å². The molecular formula is C15H13ClN2O4S2. The van der Waals surface area contributed by atoms with Crippen molar-refractivity contribution in [1.82, 2.24) is 9.21 Å². The molecule has 1 aromatic heterocycles. The molecular weight excluding hydrogens is 372 g/mol. The maximum absolute atomic E-state index is 12.7. The molecule has 0 aliphatic carbocycles. The number of thiophene rings is 1. The minimum atomic E-state index is -3.79. The lowest BCUT2D eigenvalue weighted by Gasteiger charge is -2.16. The van der Waals surface area contributed by atoms with E-state index >= 15 is 0 Å². The van der Waals surface area contributed by atoms with Crippen LogP contribution in [0.25, 0.3) is 0 Å². The lowest BCUT2D eigenvalue weighted by Crippen LogP contribution is -2.26. The molecule has 6 nitrogen and oxygen atoms in total. The fourth-order valence-corrected chi connectivity index (χ4v) is 4.82. The number of amides is 2. The number of fused-ring (bicyclic) bond motifs is 1. The highest BCUT2D eigenvalue weighted by Gasteiger charge is 2.34. The van der Waals surface area contributed by atoms with Gasteiger partial charge in [0.25, 0.3) is 11.8 Å². The molecule has 9 heteroatoms. The van der Waals surface area contributed by atoms with Crippen LogP contribution in [0.1, 0.15) is 25.6 Å². The SMILES string of the molecule is CN1C(=O)c2ccc(S(=O)(=O)N(C)Cc3ccc(Cl)s3)cc2C1=O.